The summed E-state index contributed by atoms with van der Waals surface area (Å²) >= 11 is 13.3. The van der Waals surface area contributed by atoms with Gasteiger partial charge in [0.1, 0.15) is 0 Å². The van der Waals surface area contributed by atoms with Crippen molar-refractivity contribution in [2.24, 2.45) is 12.5 Å². The Bertz CT molecular complexity index is 1720. The van der Waals surface area contributed by atoms with E-state index in [0.29, 0.717) is 44.0 Å². The van der Waals surface area contributed by atoms with E-state index in [0.717, 1.165) is 5.56 Å². The van der Waals surface area contributed by atoms with Gasteiger partial charge in [0.05, 0.1) is 44.6 Å². The van der Waals surface area contributed by atoms with E-state index in [1.807, 2.05) is 51.1 Å². The molecule has 1 aromatic heterocycles. The van der Waals surface area contributed by atoms with Gasteiger partial charge in [0.25, 0.3) is 11.8 Å². The second kappa shape index (κ2) is 12.2. The Labute approximate surface area is 264 Å². The number of carbonyl (C=O) groups is 2. The minimum Gasteiger partial charge on any atom is -0.365 e. The second-order valence-corrected chi connectivity index (χ2v) is 12.8. The highest BCUT2D eigenvalue weighted by atomic mass is 35.5. The minimum absolute atomic E-state index is 0.115. The van der Waals surface area contributed by atoms with Crippen LogP contribution in [0.25, 0.3) is 11.0 Å². The molecular formula is C32H34Cl2F2N6O2. The van der Waals surface area contributed by atoms with Gasteiger partial charge in [-0.05, 0) is 29.3 Å². The lowest BCUT2D eigenvalue weighted by Gasteiger charge is -2.22. The molecule has 8 nitrogen and oxygen atoms in total. The summed E-state index contributed by atoms with van der Waals surface area (Å²) in [6.45, 7) is 5.59. The zero-order valence-corrected chi connectivity index (χ0v) is 26.4. The lowest BCUT2D eigenvalue weighted by molar-refractivity contribution is -0.128. The van der Waals surface area contributed by atoms with E-state index in [-0.39, 0.29) is 37.5 Å². The van der Waals surface area contributed by atoms with Gasteiger partial charge in [-0.2, -0.15) is 0 Å². The molecule has 44 heavy (non-hydrogen) atoms. The minimum atomic E-state index is -2.85. The number of nitrogens with one attached hydrogen (secondary N) is 3. The number of halogens is 4. The lowest BCUT2D eigenvalue weighted by atomic mass is 9.95. The molecule has 1 aliphatic heterocycles. The number of carbonyl (C=O) groups excluding carboxylic acids is 2. The number of nitrogens with zero attached hydrogens (tertiary/aromatic N) is 3. The molecule has 0 unspecified atom stereocenters. The largest absolute Gasteiger partial charge is 0.365 e. The number of alkyl halides is 2. The van der Waals surface area contributed by atoms with Gasteiger partial charge in [0.2, 0.25) is 11.9 Å². The van der Waals surface area contributed by atoms with Crippen molar-refractivity contribution in [2.45, 2.75) is 46.2 Å². The molecule has 0 radical (unpaired) electrons. The summed E-state index contributed by atoms with van der Waals surface area (Å²) in [7, 11) is 1.77. The van der Waals surface area contributed by atoms with Crippen molar-refractivity contribution in [1.29, 1.82) is 0 Å². The monoisotopic (exact) mass is 642 g/mol. The van der Waals surface area contributed by atoms with E-state index in [2.05, 4.69) is 16.0 Å². The Hall–Kier alpha value is -3.89. The van der Waals surface area contributed by atoms with Crippen LogP contribution >= 0.6 is 23.2 Å². The van der Waals surface area contributed by atoms with Crippen LogP contribution < -0.4 is 20.9 Å². The van der Waals surface area contributed by atoms with Crippen molar-refractivity contribution in [3.05, 3.63) is 81.3 Å². The first-order valence-electron chi connectivity index (χ1n) is 14.2. The van der Waals surface area contributed by atoms with Crippen LogP contribution in [-0.4, -0.2) is 40.4 Å². The topological polar surface area (TPSA) is 91.3 Å². The molecule has 0 saturated carbocycles. The molecule has 3 aromatic carbocycles. The number of fused-ring (bicyclic) bond motifs is 1. The molecular weight excluding hydrogens is 609 g/mol. The number of aromatic nitrogens is 2. The molecule has 0 aliphatic carbocycles. The van der Waals surface area contributed by atoms with Crippen LogP contribution in [0.3, 0.4) is 0 Å². The highest BCUT2D eigenvalue weighted by Crippen LogP contribution is 2.38. The maximum atomic E-state index is 14.3. The van der Waals surface area contributed by atoms with Crippen LogP contribution in [0.15, 0.2) is 54.6 Å². The zero-order valence-electron chi connectivity index (χ0n) is 24.9. The molecule has 1 aliphatic rings. The standard InChI is InChI=1S/C32H34Cl2F2N6O2/c1-31(2,3)29(44)38-17-20-10-11-22(33)27(26(20)34)40-30-39-23-14-21(28(43)37-16-19-8-6-5-7-9-19)24(15-25(23)41(30)4)42-13-12-32(35,36)18-42/h5-11,14-15H,12-13,16-18H2,1-4H3,(H,37,43)(H,38,44)(H,39,40). The number of rotatable bonds is 8. The van der Waals surface area contributed by atoms with Gasteiger partial charge in [-0.1, -0.05) is 80.4 Å². The summed E-state index contributed by atoms with van der Waals surface area (Å²) in [6.07, 6.45) is -0.294. The zero-order chi connectivity index (χ0) is 31.8. The number of hydrogen-bond acceptors (Lipinski definition) is 5. The fourth-order valence-corrected chi connectivity index (χ4v) is 5.53. The van der Waals surface area contributed by atoms with Gasteiger partial charge in [0.15, 0.2) is 0 Å². The third kappa shape index (κ3) is 6.76. The lowest BCUT2D eigenvalue weighted by Crippen LogP contribution is -2.34. The normalized spacial score (nSPS) is 14.6. The number of imidazole rings is 1. The first-order valence-corrected chi connectivity index (χ1v) is 15.0. The Morgan fingerprint density at radius 1 is 1.02 bits per heavy atom. The highest BCUT2D eigenvalue weighted by molar-refractivity contribution is 6.39. The Kier molecular flexibility index (Phi) is 8.77. The Balaban J connectivity index is 1.48. The maximum Gasteiger partial charge on any atom is 0.266 e. The van der Waals surface area contributed by atoms with Crippen molar-refractivity contribution in [3.63, 3.8) is 0 Å². The average Bonchev–Trinajstić information content (AvgIpc) is 3.50. The van der Waals surface area contributed by atoms with E-state index >= 15 is 0 Å². The maximum absolute atomic E-state index is 14.3. The van der Waals surface area contributed by atoms with Crippen LogP contribution in [0.4, 0.5) is 26.1 Å². The molecule has 232 valence electrons. The van der Waals surface area contributed by atoms with Gasteiger partial charge < -0.3 is 25.4 Å². The van der Waals surface area contributed by atoms with E-state index in [1.165, 1.54) is 0 Å². The molecule has 0 atom stereocenters. The SMILES string of the molecule is Cn1c(Nc2c(Cl)ccc(CNC(=O)C(C)(C)C)c2Cl)nc2cc(C(=O)NCc3ccccc3)c(N3CCC(F)(F)C3)cc21. The molecule has 1 saturated heterocycles. The molecule has 2 heterocycles. The summed E-state index contributed by atoms with van der Waals surface area (Å²) in [5.74, 6) is -2.99. The van der Waals surface area contributed by atoms with Gasteiger partial charge in [-0.25, -0.2) is 13.8 Å². The van der Waals surface area contributed by atoms with Crippen molar-refractivity contribution < 1.29 is 18.4 Å². The average molecular weight is 644 g/mol. The van der Waals surface area contributed by atoms with E-state index in [9.17, 15) is 18.4 Å². The predicted molar refractivity (Wildman–Crippen MR) is 171 cm³/mol. The quantitative estimate of drug-likeness (QED) is 0.191. The summed E-state index contributed by atoms with van der Waals surface area (Å²) in [6, 6.07) is 16.2. The van der Waals surface area contributed by atoms with Crippen LogP contribution in [0, 0.1) is 5.41 Å². The van der Waals surface area contributed by atoms with Crippen LogP contribution in [-0.2, 0) is 24.9 Å². The molecule has 1 fully saturated rings. The number of aryl methyl sites for hydroxylation is 1. The van der Waals surface area contributed by atoms with Crippen LogP contribution in [0.2, 0.25) is 10.0 Å². The molecule has 0 spiro atoms. The van der Waals surface area contributed by atoms with Crippen molar-refractivity contribution >= 4 is 63.4 Å². The van der Waals surface area contributed by atoms with Crippen molar-refractivity contribution in [3.8, 4) is 0 Å². The smallest absolute Gasteiger partial charge is 0.266 e. The number of anilines is 3. The predicted octanol–water partition coefficient (Wildman–Crippen LogP) is 7.06. The number of hydrogen-bond donors (Lipinski definition) is 3. The first kappa shape index (κ1) is 31.5. The van der Waals surface area contributed by atoms with Gasteiger partial charge in [0, 0.05) is 38.5 Å². The Morgan fingerprint density at radius 2 is 1.75 bits per heavy atom. The first-order chi connectivity index (χ1) is 20.7. The van der Waals surface area contributed by atoms with Gasteiger partial charge in [-0.15, -0.1) is 0 Å². The van der Waals surface area contributed by atoms with E-state index < -0.39 is 23.8 Å². The van der Waals surface area contributed by atoms with Gasteiger partial charge in [-0.3, -0.25) is 9.59 Å². The molecule has 2 amide bonds. The molecule has 5 rings (SSSR count). The third-order valence-corrected chi connectivity index (χ3v) is 8.32. The molecule has 3 N–H and O–H groups in total. The summed E-state index contributed by atoms with van der Waals surface area (Å²) in [5.41, 5.74) is 3.17. The third-order valence-electron chi connectivity index (χ3n) is 7.58. The van der Waals surface area contributed by atoms with Crippen molar-refractivity contribution in [1.82, 2.24) is 20.2 Å². The van der Waals surface area contributed by atoms with E-state index in [4.69, 9.17) is 28.2 Å². The highest BCUT2D eigenvalue weighted by Gasteiger charge is 2.39. The van der Waals surface area contributed by atoms with Crippen LogP contribution in [0.5, 0.6) is 0 Å². The number of amides is 2. The molecule has 4 aromatic rings. The second-order valence-electron chi connectivity index (χ2n) is 12.0. The molecule has 12 heteroatoms. The fourth-order valence-electron chi connectivity index (χ4n) is 5.00. The summed E-state index contributed by atoms with van der Waals surface area (Å²) < 4.78 is 30.3. The van der Waals surface area contributed by atoms with Gasteiger partial charge >= 0.3 is 0 Å². The summed E-state index contributed by atoms with van der Waals surface area (Å²) in [4.78, 5) is 32.1. The van der Waals surface area contributed by atoms with Crippen molar-refractivity contribution in [2.75, 3.05) is 23.3 Å². The molecule has 0 bridgehead atoms. The summed E-state index contributed by atoms with van der Waals surface area (Å²) in [5, 5.41) is 9.65. The Morgan fingerprint density at radius 3 is 2.41 bits per heavy atom. The fraction of sp³-hybridized carbons (Fsp3) is 0.344. The van der Waals surface area contributed by atoms with Crippen LogP contribution in [0.1, 0.15) is 48.7 Å². The number of benzene rings is 3. The van der Waals surface area contributed by atoms with E-state index in [1.54, 1.807) is 40.8 Å².